The standard InChI is InChI=1S/C6H12N2O/c7-5-3-1-2-4-6(5)8-9/h5,9H,1-4,7H2/b8-6-. The zero-order valence-electron chi connectivity index (χ0n) is 5.38. The number of nitrogens with zero attached hydrogens (tertiary/aromatic N) is 1. The zero-order chi connectivity index (χ0) is 6.69. The van der Waals surface area contributed by atoms with Gasteiger partial charge in [-0.1, -0.05) is 11.6 Å². The Labute approximate surface area is 54.5 Å². The van der Waals surface area contributed by atoms with Gasteiger partial charge in [0.15, 0.2) is 0 Å². The first-order chi connectivity index (χ1) is 4.34. The molecule has 3 nitrogen and oxygen atoms in total. The van der Waals surface area contributed by atoms with Crippen molar-refractivity contribution in [3.05, 3.63) is 0 Å². The van der Waals surface area contributed by atoms with Crippen LogP contribution < -0.4 is 5.73 Å². The molecule has 0 heterocycles. The van der Waals surface area contributed by atoms with Crippen LogP contribution in [0.1, 0.15) is 25.7 Å². The molecule has 0 spiro atoms. The van der Waals surface area contributed by atoms with Crippen LogP contribution in [0.15, 0.2) is 5.16 Å². The molecule has 0 aromatic rings. The molecule has 1 saturated carbocycles. The van der Waals surface area contributed by atoms with Gasteiger partial charge in [0, 0.05) is 6.04 Å². The van der Waals surface area contributed by atoms with Crippen molar-refractivity contribution in [1.29, 1.82) is 0 Å². The maximum atomic E-state index is 8.37. The van der Waals surface area contributed by atoms with Crippen LogP contribution >= 0.6 is 0 Å². The van der Waals surface area contributed by atoms with Crippen molar-refractivity contribution in [2.24, 2.45) is 10.9 Å². The molecule has 0 aromatic heterocycles. The summed E-state index contributed by atoms with van der Waals surface area (Å²) in [7, 11) is 0. The average molecular weight is 128 g/mol. The smallest absolute Gasteiger partial charge is 0.0737 e. The van der Waals surface area contributed by atoms with Crippen molar-refractivity contribution in [3.63, 3.8) is 0 Å². The summed E-state index contributed by atoms with van der Waals surface area (Å²) in [6.07, 6.45) is 4.13. The molecule has 1 atom stereocenters. The minimum Gasteiger partial charge on any atom is -0.411 e. The summed E-state index contributed by atoms with van der Waals surface area (Å²) in [5, 5.41) is 11.5. The van der Waals surface area contributed by atoms with Crippen LogP contribution in [0.2, 0.25) is 0 Å². The predicted octanol–water partition coefficient (Wildman–Crippen LogP) is 0.718. The lowest BCUT2D eigenvalue weighted by Crippen LogP contribution is -2.33. The molecule has 9 heavy (non-hydrogen) atoms. The van der Waals surface area contributed by atoms with E-state index >= 15 is 0 Å². The topological polar surface area (TPSA) is 58.6 Å². The lowest BCUT2D eigenvalue weighted by atomic mass is 9.94. The van der Waals surface area contributed by atoms with Gasteiger partial charge in [0.25, 0.3) is 0 Å². The first-order valence-corrected chi connectivity index (χ1v) is 3.31. The van der Waals surface area contributed by atoms with Gasteiger partial charge in [0.1, 0.15) is 0 Å². The first-order valence-electron chi connectivity index (χ1n) is 3.31. The van der Waals surface area contributed by atoms with Crippen LogP contribution in [0.5, 0.6) is 0 Å². The molecule has 0 aliphatic heterocycles. The Kier molecular flexibility index (Phi) is 2.05. The second-order valence-electron chi connectivity index (χ2n) is 2.44. The molecule has 0 saturated heterocycles. The van der Waals surface area contributed by atoms with E-state index in [0.29, 0.717) is 0 Å². The Bertz CT molecular complexity index is 122. The third-order valence-corrected chi connectivity index (χ3v) is 1.75. The average Bonchev–Trinajstić information content (AvgIpc) is 1.89. The van der Waals surface area contributed by atoms with E-state index in [1.54, 1.807) is 0 Å². The maximum Gasteiger partial charge on any atom is 0.0737 e. The van der Waals surface area contributed by atoms with E-state index in [0.717, 1.165) is 25.0 Å². The number of hydrogen-bond acceptors (Lipinski definition) is 3. The number of nitrogens with two attached hydrogens (primary N) is 1. The van der Waals surface area contributed by atoms with Gasteiger partial charge in [-0.25, -0.2) is 0 Å². The molecule has 52 valence electrons. The van der Waals surface area contributed by atoms with E-state index in [1.165, 1.54) is 6.42 Å². The molecule has 3 N–H and O–H groups in total. The van der Waals surface area contributed by atoms with E-state index in [2.05, 4.69) is 5.16 Å². The molecular weight excluding hydrogens is 116 g/mol. The molecule has 0 radical (unpaired) electrons. The van der Waals surface area contributed by atoms with Gasteiger partial charge in [0.05, 0.1) is 5.71 Å². The minimum absolute atomic E-state index is 0.0174. The van der Waals surface area contributed by atoms with E-state index in [9.17, 15) is 0 Å². The molecule has 3 heteroatoms. The highest BCUT2D eigenvalue weighted by Gasteiger charge is 2.15. The van der Waals surface area contributed by atoms with Gasteiger partial charge in [-0.2, -0.15) is 0 Å². The minimum atomic E-state index is 0.0174. The van der Waals surface area contributed by atoms with E-state index in [4.69, 9.17) is 10.9 Å². The van der Waals surface area contributed by atoms with E-state index in [1.807, 2.05) is 0 Å². The highest BCUT2D eigenvalue weighted by atomic mass is 16.4. The summed E-state index contributed by atoms with van der Waals surface area (Å²) in [5.41, 5.74) is 6.36. The van der Waals surface area contributed by atoms with Crippen LogP contribution in [-0.2, 0) is 0 Å². The SMILES string of the molecule is NC1CCCC/C1=N/O. The quantitative estimate of drug-likeness (QED) is 0.373. The van der Waals surface area contributed by atoms with E-state index in [-0.39, 0.29) is 6.04 Å². The molecule has 1 aliphatic carbocycles. The third kappa shape index (κ3) is 1.42. The molecule has 0 bridgehead atoms. The summed E-state index contributed by atoms with van der Waals surface area (Å²) in [6.45, 7) is 0. The van der Waals surface area contributed by atoms with Crippen LogP contribution in [0, 0.1) is 0 Å². The fourth-order valence-electron chi connectivity index (χ4n) is 1.15. The van der Waals surface area contributed by atoms with Crippen molar-refractivity contribution in [2.75, 3.05) is 0 Å². The Morgan fingerprint density at radius 3 is 2.78 bits per heavy atom. The second kappa shape index (κ2) is 2.82. The number of rotatable bonds is 0. The molecular formula is C6H12N2O. The van der Waals surface area contributed by atoms with Crippen LogP contribution in [0.4, 0.5) is 0 Å². The fourth-order valence-corrected chi connectivity index (χ4v) is 1.15. The summed E-state index contributed by atoms with van der Waals surface area (Å²) in [4.78, 5) is 0. The van der Waals surface area contributed by atoms with Gasteiger partial charge in [0.2, 0.25) is 0 Å². The predicted molar refractivity (Wildman–Crippen MR) is 35.7 cm³/mol. The molecule has 1 unspecified atom stereocenters. The third-order valence-electron chi connectivity index (χ3n) is 1.75. The van der Waals surface area contributed by atoms with Crippen molar-refractivity contribution < 1.29 is 5.21 Å². The Balaban J connectivity index is 2.49. The van der Waals surface area contributed by atoms with Gasteiger partial charge in [-0.3, -0.25) is 0 Å². The Morgan fingerprint density at radius 2 is 2.33 bits per heavy atom. The monoisotopic (exact) mass is 128 g/mol. The summed E-state index contributed by atoms with van der Waals surface area (Å²) in [5.74, 6) is 0. The second-order valence-corrected chi connectivity index (χ2v) is 2.44. The van der Waals surface area contributed by atoms with Crippen molar-refractivity contribution in [1.82, 2.24) is 0 Å². The lowest BCUT2D eigenvalue weighted by Gasteiger charge is -2.17. The fraction of sp³-hybridized carbons (Fsp3) is 0.833. The van der Waals surface area contributed by atoms with Gasteiger partial charge < -0.3 is 10.9 Å². The molecule has 1 fully saturated rings. The van der Waals surface area contributed by atoms with Crippen LogP contribution in [-0.4, -0.2) is 17.0 Å². The number of hydrogen-bond donors (Lipinski definition) is 2. The van der Waals surface area contributed by atoms with Gasteiger partial charge in [-0.15, -0.1) is 0 Å². The number of oxime groups is 1. The highest BCUT2D eigenvalue weighted by Crippen LogP contribution is 2.13. The van der Waals surface area contributed by atoms with Crippen molar-refractivity contribution in [3.8, 4) is 0 Å². The van der Waals surface area contributed by atoms with Gasteiger partial charge >= 0.3 is 0 Å². The van der Waals surface area contributed by atoms with Gasteiger partial charge in [-0.05, 0) is 19.3 Å². The maximum absolute atomic E-state index is 8.37. The summed E-state index contributed by atoms with van der Waals surface area (Å²) in [6, 6.07) is 0.0174. The lowest BCUT2D eigenvalue weighted by molar-refractivity contribution is 0.312. The Morgan fingerprint density at radius 1 is 1.56 bits per heavy atom. The van der Waals surface area contributed by atoms with E-state index < -0.39 is 0 Å². The largest absolute Gasteiger partial charge is 0.411 e. The summed E-state index contributed by atoms with van der Waals surface area (Å²) < 4.78 is 0. The normalized spacial score (nSPS) is 33.0. The molecule has 1 aliphatic rings. The zero-order valence-corrected chi connectivity index (χ0v) is 5.38. The Hall–Kier alpha value is -0.570. The molecule has 0 aromatic carbocycles. The van der Waals surface area contributed by atoms with Crippen molar-refractivity contribution >= 4 is 5.71 Å². The summed E-state index contributed by atoms with van der Waals surface area (Å²) >= 11 is 0. The highest BCUT2D eigenvalue weighted by molar-refractivity contribution is 5.89. The van der Waals surface area contributed by atoms with Crippen molar-refractivity contribution in [2.45, 2.75) is 31.7 Å². The van der Waals surface area contributed by atoms with Crippen LogP contribution in [0.25, 0.3) is 0 Å². The first kappa shape index (κ1) is 6.55. The molecule has 1 rings (SSSR count). The molecule has 0 amide bonds. The van der Waals surface area contributed by atoms with Crippen LogP contribution in [0.3, 0.4) is 0 Å².